The first-order valence-corrected chi connectivity index (χ1v) is 10.0. The summed E-state index contributed by atoms with van der Waals surface area (Å²) in [5, 5.41) is 14.6. The van der Waals surface area contributed by atoms with Gasteiger partial charge >= 0.3 is 6.18 Å². The summed E-state index contributed by atoms with van der Waals surface area (Å²) in [4.78, 5) is 37.1. The van der Waals surface area contributed by atoms with Gasteiger partial charge in [0.2, 0.25) is 18.0 Å². The fourth-order valence-electron chi connectivity index (χ4n) is 3.21. The van der Waals surface area contributed by atoms with Crippen LogP contribution in [0.2, 0.25) is 0 Å². The minimum absolute atomic E-state index is 0.0177. The molecular formula is C20H18F3N7O3. The molecule has 0 radical (unpaired) electrons. The number of amides is 2. The first-order chi connectivity index (χ1) is 15.8. The van der Waals surface area contributed by atoms with Crippen molar-refractivity contribution in [2.45, 2.75) is 25.2 Å². The molecule has 2 fully saturated rings. The van der Waals surface area contributed by atoms with E-state index in [4.69, 9.17) is 0 Å². The van der Waals surface area contributed by atoms with Crippen molar-refractivity contribution in [3.8, 4) is 17.3 Å². The number of nitriles is 1. The number of halogens is 3. The normalized spacial score (nSPS) is 18.0. The Morgan fingerprint density at radius 1 is 1.21 bits per heavy atom. The van der Waals surface area contributed by atoms with Crippen molar-refractivity contribution < 1.29 is 27.5 Å². The lowest BCUT2D eigenvalue weighted by Gasteiger charge is -2.25. The highest BCUT2D eigenvalue weighted by atomic mass is 19.4. The highest BCUT2D eigenvalue weighted by Gasteiger charge is 2.49. The van der Waals surface area contributed by atoms with Crippen LogP contribution in [0.15, 0.2) is 24.7 Å². The van der Waals surface area contributed by atoms with Crippen LogP contribution in [-0.4, -0.2) is 63.8 Å². The summed E-state index contributed by atoms with van der Waals surface area (Å²) in [6.07, 6.45) is -1.10. The third-order valence-corrected chi connectivity index (χ3v) is 5.06. The Labute approximate surface area is 185 Å². The highest BCUT2D eigenvalue weighted by molar-refractivity contribution is 5.93. The molecule has 1 aliphatic carbocycles. The molecule has 0 bridgehead atoms. The quantitative estimate of drug-likeness (QED) is 0.667. The molecule has 2 amide bonds. The van der Waals surface area contributed by atoms with E-state index in [1.54, 1.807) is 0 Å². The van der Waals surface area contributed by atoms with Crippen LogP contribution in [0.3, 0.4) is 0 Å². The summed E-state index contributed by atoms with van der Waals surface area (Å²) < 4.78 is 43.6. The van der Waals surface area contributed by atoms with Crippen molar-refractivity contribution in [3.05, 3.63) is 30.4 Å². The van der Waals surface area contributed by atoms with Crippen LogP contribution in [0.1, 0.15) is 18.5 Å². The predicted molar refractivity (Wildman–Crippen MR) is 107 cm³/mol. The Hall–Kier alpha value is -3.79. The molecule has 2 aromatic rings. The van der Waals surface area contributed by atoms with Crippen LogP contribution in [0, 0.1) is 17.2 Å². The molecule has 1 aliphatic heterocycles. The topological polar surface area (TPSA) is 133 Å². The lowest BCUT2D eigenvalue weighted by Crippen LogP contribution is -2.47. The molecule has 10 nitrogen and oxygen atoms in total. The molecule has 2 N–H and O–H groups in total. The molecular weight excluding hydrogens is 443 g/mol. The Balaban J connectivity index is 1.45. The number of carbonyl (C=O) groups excluding carboxylic acids is 2. The number of aromatic nitrogens is 3. The van der Waals surface area contributed by atoms with Gasteiger partial charge in [0.1, 0.15) is 6.07 Å². The maximum atomic E-state index is 13.0. The van der Waals surface area contributed by atoms with Crippen LogP contribution in [-0.2, 0) is 14.3 Å². The van der Waals surface area contributed by atoms with Crippen LogP contribution in [0.4, 0.5) is 24.7 Å². The average molecular weight is 461 g/mol. The van der Waals surface area contributed by atoms with E-state index in [1.807, 2.05) is 6.07 Å². The van der Waals surface area contributed by atoms with Crippen molar-refractivity contribution >= 4 is 23.3 Å². The molecule has 0 aromatic carbocycles. The third kappa shape index (κ3) is 5.17. The number of nitrogens with one attached hydrogen (secondary N) is 2. The van der Waals surface area contributed by atoms with Crippen LogP contribution < -0.4 is 10.6 Å². The number of nitrogens with zero attached hydrogens (tertiary/aromatic N) is 5. The second-order valence-corrected chi connectivity index (χ2v) is 7.49. The monoisotopic (exact) mass is 461 g/mol. The van der Waals surface area contributed by atoms with Crippen LogP contribution in [0.25, 0.3) is 11.3 Å². The third-order valence-electron chi connectivity index (χ3n) is 5.06. The number of rotatable bonds is 6. The summed E-state index contributed by atoms with van der Waals surface area (Å²) >= 11 is 0. The number of anilines is 2. The predicted octanol–water partition coefficient (Wildman–Crippen LogP) is 1.92. The Morgan fingerprint density at radius 2 is 2.00 bits per heavy atom. The molecule has 0 unspecified atom stereocenters. The number of carbonyl (C=O) groups is 2. The van der Waals surface area contributed by atoms with Gasteiger partial charge in [-0.3, -0.25) is 14.6 Å². The Bertz CT molecular complexity index is 1100. The molecule has 172 valence electrons. The van der Waals surface area contributed by atoms with E-state index < -0.39 is 24.9 Å². The molecule has 1 saturated heterocycles. The van der Waals surface area contributed by atoms with Gasteiger partial charge in [-0.05, 0) is 18.9 Å². The lowest BCUT2D eigenvalue weighted by atomic mass is 10.1. The van der Waals surface area contributed by atoms with Gasteiger partial charge < -0.3 is 20.3 Å². The summed E-state index contributed by atoms with van der Waals surface area (Å²) in [5.41, 5.74) is 0.947. The van der Waals surface area contributed by atoms with Crippen molar-refractivity contribution in [1.82, 2.24) is 19.9 Å². The minimum Gasteiger partial charge on any atom is -0.374 e. The van der Waals surface area contributed by atoms with E-state index in [0.717, 1.165) is 12.8 Å². The average Bonchev–Trinajstić information content (AvgIpc) is 3.52. The van der Waals surface area contributed by atoms with Crippen molar-refractivity contribution in [1.29, 1.82) is 5.26 Å². The van der Waals surface area contributed by atoms with E-state index in [-0.39, 0.29) is 36.4 Å². The summed E-state index contributed by atoms with van der Waals surface area (Å²) in [6, 6.07) is 3.35. The second kappa shape index (κ2) is 8.99. The number of hydrogen-bond donors (Lipinski definition) is 2. The van der Waals surface area contributed by atoms with Gasteiger partial charge in [0.05, 0.1) is 36.9 Å². The van der Waals surface area contributed by atoms with Gasteiger partial charge in [0, 0.05) is 24.2 Å². The molecule has 4 rings (SSSR count). The van der Waals surface area contributed by atoms with E-state index in [0.29, 0.717) is 22.0 Å². The summed E-state index contributed by atoms with van der Waals surface area (Å²) in [6.45, 7) is -0.896. The minimum atomic E-state index is -4.70. The van der Waals surface area contributed by atoms with E-state index in [9.17, 15) is 28.0 Å². The van der Waals surface area contributed by atoms with E-state index >= 15 is 0 Å². The first kappa shape index (κ1) is 22.4. The fraction of sp³-hybridized carbons (Fsp3) is 0.400. The van der Waals surface area contributed by atoms with Gasteiger partial charge in [0.15, 0.2) is 11.5 Å². The van der Waals surface area contributed by atoms with Gasteiger partial charge in [-0.15, -0.1) is 0 Å². The van der Waals surface area contributed by atoms with Gasteiger partial charge in [-0.25, -0.2) is 9.97 Å². The zero-order chi connectivity index (χ0) is 23.6. The number of alkyl halides is 3. The smallest absolute Gasteiger partial charge is 0.374 e. The summed E-state index contributed by atoms with van der Waals surface area (Å²) in [7, 11) is 0. The molecule has 1 atom stereocenters. The molecule has 1 saturated carbocycles. The van der Waals surface area contributed by atoms with Crippen molar-refractivity contribution in [2.75, 3.05) is 30.3 Å². The first-order valence-electron chi connectivity index (χ1n) is 10.0. The molecule has 13 heteroatoms. The lowest BCUT2D eigenvalue weighted by molar-refractivity contribution is -0.238. The van der Waals surface area contributed by atoms with Gasteiger partial charge in [0.25, 0.3) is 0 Å². The SMILES string of the molecule is N#Cc1ncc(-c2cnc(NC(=O)C3CC3)cn2)cc1NCC(=O)N1CCO[C@H]1C(F)(F)F. The van der Waals surface area contributed by atoms with Crippen molar-refractivity contribution in [3.63, 3.8) is 0 Å². The van der Waals surface area contributed by atoms with Gasteiger partial charge in [-0.1, -0.05) is 0 Å². The molecule has 3 heterocycles. The molecule has 33 heavy (non-hydrogen) atoms. The summed E-state index contributed by atoms with van der Waals surface area (Å²) in [5.74, 6) is -0.624. The fourth-order valence-corrected chi connectivity index (χ4v) is 3.21. The van der Waals surface area contributed by atoms with Crippen LogP contribution >= 0.6 is 0 Å². The Morgan fingerprint density at radius 3 is 2.64 bits per heavy atom. The van der Waals surface area contributed by atoms with Gasteiger partial charge in [-0.2, -0.15) is 18.4 Å². The van der Waals surface area contributed by atoms with Crippen molar-refractivity contribution in [2.24, 2.45) is 5.92 Å². The largest absolute Gasteiger partial charge is 0.433 e. The molecule has 2 aromatic heterocycles. The maximum Gasteiger partial charge on any atom is 0.433 e. The van der Waals surface area contributed by atoms with E-state index in [1.165, 1.54) is 24.7 Å². The maximum absolute atomic E-state index is 13.0. The Kier molecular flexibility index (Phi) is 6.10. The molecule has 0 spiro atoms. The zero-order valence-corrected chi connectivity index (χ0v) is 17.1. The standard InChI is InChI=1S/C20H18F3N7O3/c21-20(22,23)19-30(3-4-33-19)17(31)10-27-13-5-12(7-25-14(13)6-24)15-8-28-16(9-26-15)29-18(32)11-1-2-11/h5,7-9,11,19,27H,1-4,10H2,(H,28,29,32)/t19-/m0/s1. The number of ether oxygens (including phenoxy) is 1. The number of pyridine rings is 1. The second-order valence-electron chi connectivity index (χ2n) is 7.49. The zero-order valence-electron chi connectivity index (χ0n) is 17.1. The van der Waals surface area contributed by atoms with E-state index in [2.05, 4.69) is 30.3 Å². The highest BCUT2D eigenvalue weighted by Crippen LogP contribution is 2.30. The number of hydrogen-bond acceptors (Lipinski definition) is 8. The molecule has 2 aliphatic rings. The van der Waals surface area contributed by atoms with Crippen LogP contribution in [0.5, 0.6) is 0 Å².